The van der Waals surface area contributed by atoms with Gasteiger partial charge in [-0.05, 0) is 44.4 Å². The number of likely N-dealkylation sites (N-methyl/N-ethyl adjacent to an activating group) is 1. The number of carbonyl (C=O) groups is 1. The van der Waals surface area contributed by atoms with Crippen LogP contribution in [0.2, 0.25) is 0 Å². The molecule has 3 heteroatoms. The fraction of sp³-hybridized carbons (Fsp3) is 0.562. The highest BCUT2D eigenvalue weighted by Crippen LogP contribution is 2.37. The van der Waals surface area contributed by atoms with Gasteiger partial charge >= 0.3 is 0 Å². The van der Waals surface area contributed by atoms with Gasteiger partial charge in [-0.25, -0.2) is 4.39 Å². The molecular formula is C16H22FNO. The van der Waals surface area contributed by atoms with Crippen molar-refractivity contribution in [3.63, 3.8) is 0 Å². The van der Waals surface area contributed by atoms with Crippen molar-refractivity contribution >= 4 is 5.91 Å². The highest BCUT2D eigenvalue weighted by atomic mass is 19.1. The van der Waals surface area contributed by atoms with Gasteiger partial charge in [0.2, 0.25) is 5.91 Å². The maximum atomic E-state index is 13.7. The summed E-state index contributed by atoms with van der Waals surface area (Å²) in [6.45, 7) is 8.59. The molecule has 2 nitrogen and oxygen atoms in total. The van der Waals surface area contributed by atoms with E-state index in [-0.39, 0.29) is 29.6 Å². The Morgan fingerprint density at radius 2 is 2.05 bits per heavy atom. The van der Waals surface area contributed by atoms with Gasteiger partial charge in [0.15, 0.2) is 0 Å². The predicted molar refractivity (Wildman–Crippen MR) is 74.5 cm³/mol. The molecular weight excluding hydrogens is 241 g/mol. The molecule has 2 rings (SSSR count). The van der Waals surface area contributed by atoms with Gasteiger partial charge in [0.25, 0.3) is 0 Å². The number of rotatable bonds is 2. The van der Waals surface area contributed by atoms with Crippen molar-refractivity contribution < 1.29 is 9.18 Å². The zero-order chi connectivity index (χ0) is 14.2. The Balaban J connectivity index is 2.39. The van der Waals surface area contributed by atoms with Crippen molar-refractivity contribution in [2.75, 3.05) is 6.54 Å². The summed E-state index contributed by atoms with van der Waals surface area (Å²) >= 11 is 0. The first-order valence-electron chi connectivity index (χ1n) is 7.02. The molecule has 0 radical (unpaired) electrons. The molecule has 1 amide bonds. The summed E-state index contributed by atoms with van der Waals surface area (Å²) in [5.74, 6) is 0.310. The van der Waals surface area contributed by atoms with Crippen molar-refractivity contribution in [3.05, 3.63) is 35.1 Å². The lowest BCUT2D eigenvalue weighted by Crippen LogP contribution is -2.49. The minimum atomic E-state index is -0.155. The van der Waals surface area contributed by atoms with E-state index in [2.05, 4.69) is 6.92 Å². The predicted octanol–water partition coefficient (Wildman–Crippen LogP) is 3.49. The van der Waals surface area contributed by atoms with Crippen LogP contribution in [0.25, 0.3) is 0 Å². The van der Waals surface area contributed by atoms with Crippen LogP contribution in [0.5, 0.6) is 0 Å². The van der Waals surface area contributed by atoms with Crippen LogP contribution < -0.4 is 0 Å². The number of amides is 1. The molecule has 1 aliphatic rings. The quantitative estimate of drug-likeness (QED) is 0.799. The first-order valence-corrected chi connectivity index (χ1v) is 7.02. The van der Waals surface area contributed by atoms with Crippen molar-refractivity contribution in [2.45, 2.75) is 46.1 Å². The number of benzene rings is 1. The van der Waals surface area contributed by atoms with Gasteiger partial charge in [-0.3, -0.25) is 4.79 Å². The highest BCUT2D eigenvalue weighted by Gasteiger charge is 2.37. The second-order valence-electron chi connectivity index (χ2n) is 5.56. The zero-order valence-corrected chi connectivity index (χ0v) is 12.1. The van der Waals surface area contributed by atoms with E-state index in [1.807, 2.05) is 31.7 Å². The Kier molecular flexibility index (Phi) is 3.93. The summed E-state index contributed by atoms with van der Waals surface area (Å²) in [6.07, 6.45) is 0.806. The molecule has 3 atom stereocenters. The monoisotopic (exact) mass is 263 g/mol. The average molecular weight is 263 g/mol. The zero-order valence-electron chi connectivity index (χ0n) is 12.1. The average Bonchev–Trinajstić information content (AvgIpc) is 2.38. The second kappa shape index (κ2) is 5.32. The Morgan fingerprint density at radius 3 is 2.68 bits per heavy atom. The molecule has 1 fully saturated rings. The van der Waals surface area contributed by atoms with Crippen molar-refractivity contribution in [1.29, 1.82) is 0 Å². The van der Waals surface area contributed by atoms with Gasteiger partial charge in [0.05, 0.1) is 0 Å². The van der Waals surface area contributed by atoms with Crippen molar-refractivity contribution in [1.82, 2.24) is 4.90 Å². The molecule has 0 unspecified atom stereocenters. The molecule has 0 N–H and O–H groups in total. The molecule has 0 spiro atoms. The third-order valence-electron chi connectivity index (χ3n) is 4.44. The maximum Gasteiger partial charge on any atom is 0.225 e. The first-order chi connectivity index (χ1) is 8.97. The van der Waals surface area contributed by atoms with Gasteiger partial charge in [0, 0.05) is 24.4 Å². The lowest BCUT2D eigenvalue weighted by Gasteiger charge is -2.42. The smallest absolute Gasteiger partial charge is 0.225 e. The molecule has 0 aromatic heterocycles. The molecule has 104 valence electrons. The lowest BCUT2D eigenvalue weighted by molar-refractivity contribution is -0.141. The second-order valence-corrected chi connectivity index (χ2v) is 5.56. The lowest BCUT2D eigenvalue weighted by atomic mass is 9.78. The minimum absolute atomic E-state index is 0.0174. The number of piperidine rings is 1. The Bertz CT molecular complexity index is 486. The third kappa shape index (κ3) is 2.38. The van der Waals surface area contributed by atoms with Gasteiger partial charge in [-0.15, -0.1) is 0 Å². The van der Waals surface area contributed by atoms with E-state index in [1.54, 1.807) is 6.07 Å². The largest absolute Gasteiger partial charge is 0.339 e. The summed E-state index contributed by atoms with van der Waals surface area (Å²) in [6, 6.07) is 5.39. The SMILES string of the molecule is CCN1C(=O)[C@@H](C)C[C@@H](c2cccc(F)c2C)[C@H]1C. The van der Waals surface area contributed by atoms with Crippen molar-refractivity contribution in [2.24, 2.45) is 5.92 Å². The van der Waals surface area contributed by atoms with E-state index in [1.165, 1.54) is 6.07 Å². The topological polar surface area (TPSA) is 20.3 Å². The molecule has 1 aromatic carbocycles. The number of hydrogen-bond donors (Lipinski definition) is 0. The van der Waals surface area contributed by atoms with Crippen LogP contribution in [0.15, 0.2) is 18.2 Å². The Hall–Kier alpha value is -1.38. The summed E-state index contributed by atoms with van der Waals surface area (Å²) in [5.41, 5.74) is 1.77. The minimum Gasteiger partial charge on any atom is -0.339 e. The summed E-state index contributed by atoms with van der Waals surface area (Å²) < 4.78 is 13.7. The van der Waals surface area contributed by atoms with Crippen molar-refractivity contribution in [3.8, 4) is 0 Å². The maximum absolute atomic E-state index is 13.7. The molecule has 1 heterocycles. The molecule has 19 heavy (non-hydrogen) atoms. The normalized spacial score (nSPS) is 27.7. The molecule has 0 bridgehead atoms. The van der Waals surface area contributed by atoms with Crippen LogP contribution in [0.1, 0.15) is 44.2 Å². The van der Waals surface area contributed by atoms with Gasteiger partial charge in [-0.2, -0.15) is 0 Å². The molecule has 1 aromatic rings. The highest BCUT2D eigenvalue weighted by molar-refractivity contribution is 5.80. The fourth-order valence-electron chi connectivity index (χ4n) is 3.24. The molecule has 0 aliphatic carbocycles. The van der Waals surface area contributed by atoms with Crippen LogP contribution in [0.3, 0.4) is 0 Å². The van der Waals surface area contributed by atoms with Crippen LogP contribution in [-0.4, -0.2) is 23.4 Å². The summed E-state index contributed by atoms with van der Waals surface area (Å²) in [7, 11) is 0. The van der Waals surface area contributed by atoms with Crippen LogP contribution in [0, 0.1) is 18.7 Å². The molecule has 0 saturated carbocycles. The van der Waals surface area contributed by atoms with E-state index in [0.717, 1.165) is 24.1 Å². The van der Waals surface area contributed by atoms with E-state index in [9.17, 15) is 9.18 Å². The van der Waals surface area contributed by atoms with Crippen LogP contribution in [-0.2, 0) is 4.79 Å². The fourth-order valence-corrected chi connectivity index (χ4v) is 3.24. The van der Waals surface area contributed by atoms with E-state index < -0.39 is 0 Å². The van der Waals surface area contributed by atoms with Gasteiger partial charge in [-0.1, -0.05) is 19.1 Å². The van der Waals surface area contributed by atoms with Gasteiger partial charge < -0.3 is 4.90 Å². The number of nitrogens with zero attached hydrogens (tertiary/aromatic N) is 1. The number of carbonyl (C=O) groups excluding carboxylic acids is 1. The Labute approximate surface area is 114 Å². The van der Waals surface area contributed by atoms with Gasteiger partial charge in [0.1, 0.15) is 5.82 Å². The first kappa shape index (κ1) is 14.0. The summed E-state index contributed by atoms with van der Waals surface area (Å²) in [5, 5.41) is 0. The van der Waals surface area contributed by atoms with Crippen LogP contribution in [0.4, 0.5) is 4.39 Å². The number of likely N-dealkylation sites (tertiary alicyclic amines) is 1. The van der Waals surface area contributed by atoms with E-state index >= 15 is 0 Å². The van der Waals surface area contributed by atoms with Crippen LogP contribution >= 0.6 is 0 Å². The standard InChI is InChI=1S/C16H22FNO/c1-5-18-12(4)14(9-10(2)16(18)19)13-7-6-8-15(17)11(13)3/h6-8,10,12,14H,5,9H2,1-4H3/t10-,12+,14+/m0/s1. The number of hydrogen-bond acceptors (Lipinski definition) is 1. The van der Waals surface area contributed by atoms with E-state index in [4.69, 9.17) is 0 Å². The van der Waals surface area contributed by atoms with E-state index in [0.29, 0.717) is 0 Å². The number of halogens is 1. The molecule has 1 aliphatic heterocycles. The molecule has 1 saturated heterocycles. The summed E-state index contributed by atoms with van der Waals surface area (Å²) in [4.78, 5) is 14.1. The third-order valence-corrected chi connectivity index (χ3v) is 4.44. The Morgan fingerprint density at radius 1 is 1.37 bits per heavy atom.